The van der Waals surface area contributed by atoms with Gasteiger partial charge < -0.3 is 14.8 Å². The minimum Gasteiger partial charge on any atom is -0.492 e. The molecule has 0 atom stereocenters. The van der Waals surface area contributed by atoms with Crippen molar-refractivity contribution in [2.75, 3.05) is 27.8 Å². The van der Waals surface area contributed by atoms with Crippen LogP contribution in [0.4, 0.5) is 0 Å². The lowest BCUT2D eigenvalue weighted by atomic mass is 10.1. The van der Waals surface area contributed by atoms with Crippen LogP contribution >= 0.6 is 27.5 Å². The average Bonchev–Trinajstić information content (AvgIpc) is 2.28. The minimum absolute atomic E-state index is 0.153. The molecule has 0 aliphatic heterocycles. The summed E-state index contributed by atoms with van der Waals surface area (Å²) in [6.45, 7) is 0.181. The Morgan fingerprint density at radius 3 is 2.47 bits per heavy atom. The molecule has 0 unspecified atom stereocenters. The molecule has 0 fully saturated rings. The van der Waals surface area contributed by atoms with Crippen LogP contribution in [-0.4, -0.2) is 33.6 Å². The molecule has 0 heterocycles. The van der Waals surface area contributed by atoms with E-state index in [4.69, 9.17) is 21.1 Å². The first-order chi connectivity index (χ1) is 8.06. The van der Waals surface area contributed by atoms with Crippen molar-refractivity contribution in [3.63, 3.8) is 0 Å². The zero-order valence-electron chi connectivity index (χ0n) is 9.77. The smallest absolute Gasteiger partial charge is 0.181 e. The van der Waals surface area contributed by atoms with Crippen LogP contribution in [0.15, 0.2) is 10.5 Å². The Kier molecular flexibility index (Phi) is 5.24. The summed E-state index contributed by atoms with van der Waals surface area (Å²) < 4.78 is 11.0. The first kappa shape index (κ1) is 14.3. The van der Waals surface area contributed by atoms with E-state index in [2.05, 4.69) is 21.2 Å². The van der Waals surface area contributed by atoms with Crippen molar-refractivity contribution in [1.82, 2.24) is 5.32 Å². The summed E-state index contributed by atoms with van der Waals surface area (Å²) in [4.78, 5) is 11.9. The van der Waals surface area contributed by atoms with Crippen LogP contribution < -0.4 is 14.8 Å². The molecule has 1 rings (SSSR count). The van der Waals surface area contributed by atoms with Crippen LogP contribution in [0.2, 0.25) is 5.02 Å². The lowest BCUT2D eigenvalue weighted by molar-refractivity contribution is 0.0990. The van der Waals surface area contributed by atoms with E-state index in [1.54, 1.807) is 13.1 Å². The Balaban J connectivity index is 3.41. The maximum atomic E-state index is 11.9. The number of carbonyl (C=O) groups excluding carboxylic acids is 1. The van der Waals surface area contributed by atoms with Gasteiger partial charge in [0.25, 0.3) is 0 Å². The number of nitrogens with one attached hydrogen (secondary N) is 1. The lowest BCUT2D eigenvalue weighted by Crippen LogP contribution is -2.19. The standard InChI is InChI=1S/C11H13BrClNO3/c1-14-5-8(15)9-7(13)4-6(12)10(16-2)11(9)17-3/h4,14H,5H2,1-3H3. The molecular formula is C11H13BrClNO3. The fourth-order valence-electron chi connectivity index (χ4n) is 1.47. The summed E-state index contributed by atoms with van der Waals surface area (Å²) in [5.41, 5.74) is 0.323. The molecule has 94 valence electrons. The summed E-state index contributed by atoms with van der Waals surface area (Å²) in [6, 6.07) is 1.62. The molecule has 0 radical (unpaired) electrons. The largest absolute Gasteiger partial charge is 0.492 e. The van der Waals surface area contributed by atoms with Gasteiger partial charge in [0, 0.05) is 0 Å². The van der Waals surface area contributed by atoms with E-state index in [0.717, 1.165) is 0 Å². The first-order valence-corrected chi connectivity index (χ1v) is 6.01. The van der Waals surface area contributed by atoms with Crippen molar-refractivity contribution >= 4 is 33.3 Å². The van der Waals surface area contributed by atoms with Gasteiger partial charge in [-0.3, -0.25) is 4.79 Å². The predicted molar refractivity (Wildman–Crippen MR) is 70.5 cm³/mol. The quantitative estimate of drug-likeness (QED) is 0.846. The molecule has 0 saturated heterocycles. The van der Waals surface area contributed by atoms with Gasteiger partial charge in [-0.05, 0) is 29.0 Å². The molecule has 0 aliphatic rings. The Morgan fingerprint density at radius 1 is 1.41 bits per heavy atom. The number of ketones is 1. The third-order valence-corrected chi connectivity index (χ3v) is 3.05. The SMILES string of the molecule is CNCC(=O)c1c(Cl)cc(Br)c(OC)c1OC. The van der Waals surface area contributed by atoms with Crippen LogP contribution in [0.1, 0.15) is 10.4 Å². The van der Waals surface area contributed by atoms with Crippen LogP contribution in [0, 0.1) is 0 Å². The van der Waals surface area contributed by atoms with Gasteiger partial charge in [-0.15, -0.1) is 0 Å². The van der Waals surface area contributed by atoms with Crippen molar-refractivity contribution in [2.45, 2.75) is 0 Å². The number of benzene rings is 1. The van der Waals surface area contributed by atoms with Gasteiger partial charge in [0.2, 0.25) is 0 Å². The highest BCUT2D eigenvalue weighted by molar-refractivity contribution is 9.10. The molecule has 1 aromatic rings. The second kappa shape index (κ2) is 6.23. The molecule has 0 aliphatic carbocycles. The van der Waals surface area contributed by atoms with Crippen LogP contribution in [-0.2, 0) is 0 Å². The molecule has 0 bridgehead atoms. The zero-order valence-corrected chi connectivity index (χ0v) is 12.1. The molecule has 0 amide bonds. The molecule has 17 heavy (non-hydrogen) atoms. The van der Waals surface area contributed by atoms with Crippen molar-refractivity contribution in [3.05, 3.63) is 21.1 Å². The maximum absolute atomic E-state index is 11.9. The van der Waals surface area contributed by atoms with Gasteiger partial charge in [-0.2, -0.15) is 0 Å². The molecule has 1 aromatic carbocycles. The van der Waals surface area contributed by atoms with Gasteiger partial charge in [0.1, 0.15) is 0 Å². The van der Waals surface area contributed by atoms with E-state index >= 15 is 0 Å². The summed E-state index contributed by atoms with van der Waals surface area (Å²) in [6.07, 6.45) is 0. The molecule has 0 spiro atoms. The van der Waals surface area contributed by atoms with Gasteiger partial charge in [-0.1, -0.05) is 11.6 Å². The van der Waals surface area contributed by atoms with Crippen molar-refractivity contribution in [2.24, 2.45) is 0 Å². The number of methoxy groups -OCH3 is 2. The number of likely N-dealkylation sites (N-methyl/N-ethyl adjacent to an activating group) is 1. The minimum atomic E-state index is -0.153. The van der Waals surface area contributed by atoms with Crippen molar-refractivity contribution in [1.29, 1.82) is 0 Å². The third-order valence-electron chi connectivity index (χ3n) is 2.17. The monoisotopic (exact) mass is 321 g/mol. The van der Waals surface area contributed by atoms with Crippen molar-refractivity contribution < 1.29 is 14.3 Å². The highest BCUT2D eigenvalue weighted by atomic mass is 79.9. The van der Waals surface area contributed by atoms with E-state index in [1.807, 2.05) is 0 Å². The molecule has 0 saturated carbocycles. The van der Waals surface area contributed by atoms with Gasteiger partial charge in [0.15, 0.2) is 17.3 Å². The number of halogens is 2. The number of Topliss-reactive ketones (excluding diaryl/α,β-unsaturated/α-hetero) is 1. The highest BCUT2D eigenvalue weighted by Crippen LogP contribution is 2.42. The van der Waals surface area contributed by atoms with Crippen molar-refractivity contribution in [3.8, 4) is 11.5 Å². The zero-order chi connectivity index (χ0) is 13.0. The normalized spacial score (nSPS) is 10.2. The molecule has 4 nitrogen and oxygen atoms in total. The summed E-state index contributed by atoms with van der Waals surface area (Å²) in [5, 5.41) is 3.11. The lowest BCUT2D eigenvalue weighted by Gasteiger charge is -2.15. The summed E-state index contributed by atoms with van der Waals surface area (Å²) in [7, 11) is 4.66. The predicted octanol–water partition coefficient (Wildman–Crippen LogP) is 2.52. The summed E-state index contributed by atoms with van der Waals surface area (Å²) >= 11 is 9.36. The number of hydrogen-bond acceptors (Lipinski definition) is 4. The van der Waals surface area contributed by atoms with Gasteiger partial charge in [0.05, 0.1) is 35.8 Å². The van der Waals surface area contributed by atoms with E-state index in [0.29, 0.717) is 26.6 Å². The topological polar surface area (TPSA) is 47.6 Å². The van der Waals surface area contributed by atoms with E-state index in [9.17, 15) is 4.79 Å². The summed E-state index contributed by atoms with van der Waals surface area (Å²) in [5.74, 6) is 0.642. The second-order valence-electron chi connectivity index (χ2n) is 3.24. The highest BCUT2D eigenvalue weighted by Gasteiger charge is 2.22. The maximum Gasteiger partial charge on any atom is 0.181 e. The average molecular weight is 323 g/mol. The molecule has 1 N–H and O–H groups in total. The molecular weight excluding hydrogens is 309 g/mol. The second-order valence-corrected chi connectivity index (χ2v) is 4.50. The Bertz CT molecular complexity index is 437. The van der Waals surface area contributed by atoms with E-state index in [1.165, 1.54) is 14.2 Å². The number of ether oxygens (including phenoxy) is 2. The fourth-order valence-corrected chi connectivity index (χ4v) is 2.48. The molecule has 0 aromatic heterocycles. The van der Waals surface area contributed by atoms with Crippen LogP contribution in [0.5, 0.6) is 11.5 Å². The van der Waals surface area contributed by atoms with E-state index < -0.39 is 0 Å². The van der Waals surface area contributed by atoms with Gasteiger partial charge >= 0.3 is 0 Å². The third kappa shape index (κ3) is 2.91. The molecule has 6 heteroatoms. The first-order valence-electron chi connectivity index (χ1n) is 4.84. The number of hydrogen-bond donors (Lipinski definition) is 1. The van der Waals surface area contributed by atoms with Crippen LogP contribution in [0.3, 0.4) is 0 Å². The van der Waals surface area contributed by atoms with Crippen LogP contribution in [0.25, 0.3) is 0 Å². The fraction of sp³-hybridized carbons (Fsp3) is 0.364. The Hall–Kier alpha value is -0.780. The van der Waals surface area contributed by atoms with Gasteiger partial charge in [-0.25, -0.2) is 0 Å². The van der Waals surface area contributed by atoms with E-state index in [-0.39, 0.29) is 12.3 Å². The Morgan fingerprint density at radius 2 is 2.00 bits per heavy atom. The number of carbonyl (C=O) groups is 1. The Labute approximate surface area is 113 Å². The number of rotatable bonds is 5.